The van der Waals surface area contributed by atoms with E-state index in [9.17, 15) is 9.59 Å². The summed E-state index contributed by atoms with van der Waals surface area (Å²) in [7, 11) is 1.93. The number of hydrogen-bond acceptors (Lipinski definition) is 6. The van der Waals surface area contributed by atoms with Gasteiger partial charge < -0.3 is 14.8 Å². The lowest BCUT2D eigenvalue weighted by Crippen LogP contribution is -2.28. The Hall–Kier alpha value is -3.85. The monoisotopic (exact) mass is 458 g/mol. The number of aryl methyl sites for hydroxylation is 1. The van der Waals surface area contributed by atoms with Crippen molar-refractivity contribution in [2.45, 2.75) is 13.0 Å². The van der Waals surface area contributed by atoms with E-state index in [1.165, 1.54) is 11.3 Å². The molecule has 9 heteroatoms. The lowest BCUT2D eigenvalue weighted by Gasteiger charge is -2.15. The van der Waals surface area contributed by atoms with Crippen LogP contribution in [0.4, 0.5) is 5.13 Å². The van der Waals surface area contributed by atoms with Gasteiger partial charge in [-0.25, -0.2) is 9.97 Å². The topological polar surface area (TPSA) is 93.0 Å². The van der Waals surface area contributed by atoms with Gasteiger partial charge in [-0.3, -0.25) is 14.6 Å². The number of thiazole rings is 1. The Kier molecular flexibility index (Phi) is 5.70. The van der Waals surface area contributed by atoms with Gasteiger partial charge in [0.25, 0.3) is 0 Å². The van der Waals surface area contributed by atoms with Gasteiger partial charge >= 0.3 is 0 Å². The quantitative estimate of drug-likeness (QED) is 0.477. The lowest BCUT2D eigenvalue weighted by atomic mass is 10.1. The highest BCUT2D eigenvalue weighted by Gasteiger charge is 2.35. The molecule has 4 aromatic rings. The number of carbonyl (C=O) groups is 2. The van der Waals surface area contributed by atoms with Gasteiger partial charge in [0.05, 0.1) is 28.7 Å². The van der Waals surface area contributed by atoms with E-state index < -0.39 is 5.92 Å². The van der Waals surface area contributed by atoms with Crippen LogP contribution in [-0.2, 0) is 23.2 Å². The van der Waals surface area contributed by atoms with Gasteiger partial charge in [0.1, 0.15) is 0 Å². The molecule has 0 spiro atoms. The second kappa shape index (κ2) is 8.95. The van der Waals surface area contributed by atoms with Gasteiger partial charge in [-0.05, 0) is 12.1 Å². The number of nitrogens with zero attached hydrogens (tertiary/aromatic N) is 5. The number of likely N-dealkylation sites (tertiary alicyclic amines) is 1. The summed E-state index contributed by atoms with van der Waals surface area (Å²) in [4.78, 5) is 41.5. The molecule has 3 aromatic heterocycles. The van der Waals surface area contributed by atoms with E-state index in [0.29, 0.717) is 18.2 Å². The Labute approximate surface area is 195 Å². The van der Waals surface area contributed by atoms with Crippen molar-refractivity contribution >= 4 is 28.3 Å². The van der Waals surface area contributed by atoms with E-state index in [2.05, 4.69) is 15.3 Å². The summed E-state index contributed by atoms with van der Waals surface area (Å²) >= 11 is 1.38. The first-order chi connectivity index (χ1) is 16.1. The van der Waals surface area contributed by atoms with Crippen LogP contribution >= 0.6 is 11.3 Å². The maximum Gasteiger partial charge on any atom is 0.231 e. The van der Waals surface area contributed by atoms with Crippen LogP contribution in [0.5, 0.6) is 0 Å². The molecule has 0 aliphatic carbocycles. The Bertz CT molecular complexity index is 1280. The number of carbonyl (C=O) groups excluding carboxylic acids is 2. The fraction of sp³-hybridized carbons (Fsp3) is 0.208. The first kappa shape index (κ1) is 21.0. The van der Waals surface area contributed by atoms with E-state index >= 15 is 0 Å². The highest BCUT2D eigenvalue weighted by atomic mass is 32.1. The van der Waals surface area contributed by atoms with Crippen molar-refractivity contribution < 1.29 is 9.59 Å². The van der Waals surface area contributed by atoms with Crippen LogP contribution in [0.25, 0.3) is 22.0 Å². The van der Waals surface area contributed by atoms with Crippen LogP contribution in [0.15, 0.2) is 67.1 Å². The standard InChI is InChI=1S/C24H22N6O2S/c1-29-12-11-26-22(29)21-20(16-7-3-2-4-8-16)27-24(33-21)28-23(32)17-13-19(31)30(14-17)15-18-9-5-6-10-25-18/h2-12,17H,13-15H2,1H3,(H,27,28,32). The molecule has 4 heterocycles. The average molecular weight is 459 g/mol. The van der Waals surface area contributed by atoms with Crippen LogP contribution in [0.3, 0.4) is 0 Å². The molecular weight excluding hydrogens is 436 g/mol. The molecule has 1 aliphatic rings. The van der Waals surface area contributed by atoms with Crippen LogP contribution < -0.4 is 5.32 Å². The molecular formula is C24H22N6O2S. The van der Waals surface area contributed by atoms with E-state index in [1.54, 1.807) is 17.3 Å². The number of imidazole rings is 1. The summed E-state index contributed by atoms with van der Waals surface area (Å²) in [5, 5.41) is 3.43. The lowest BCUT2D eigenvalue weighted by molar-refractivity contribution is -0.128. The minimum atomic E-state index is -0.429. The SMILES string of the molecule is Cn1ccnc1-c1sc(NC(=O)C2CC(=O)N(Cc3ccccn3)C2)nc1-c1ccccc1. The number of amides is 2. The fourth-order valence-corrected chi connectivity index (χ4v) is 4.93. The van der Waals surface area contributed by atoms with Crippen molar-refractivity contribution in [3.8, 4) is 22.0 Å². The van der Waals surface area contributed by atoms with Crippen molar-refractivity contribution in [1.82, 2.24) is 24.4 Å². The normalized spacial score (nSPS) is 15.7. The maximum atomic E-state index is 13.0. The maximum absolute atomic E-state index is 13.0. The van der Waals surface area contributed by atoms with Gasteiger partial charge in [0, 0.05) is 44.2 Å². The van der Waals surface area contributed by atoms with Crippen LogP contribution in [0, 0.1) is 5.92 Å². The Morgan fingerprint density at radius 1 is 1.12 bits per heavy atom. The number of benzene rings is 1. The van der Waals surface area contributed by atoms with Crippen LogP contribution in [-0.4, -0.2) is 42.8 Å². The second-order valence-electron chi connectivity index (χ2n) is 7.91. The number of nitrogens with one attached hydrogen (secondary N) is 1. The summed E-state index contributed by atoms with van der Waals surface area (Å²) in [6.07, 6.45) is 5.50. The molecule has 1 saturated heterocycles. The Morgan fingerprint density at radius 3 is 2.67 bits per heavy atom. The van der Waals surface area contributed by atoms with Gasteiger partial charge in [-0.2, -0.15) is 0 Å². The number of pyridine rings is 1. The first-order valence-corrected chi connectivity index (χ1v) is 11.4. The first-order valence-electron chi connectivity index (χ1n) is 10.6. The summed E-state index contributed by atoms with van der Waals surface area (Å²) in [6.45, 7) is 0.770. The summed E-state index contributed by atoms with van der Waals surface area (Å²) in [5.41, 5.74) is 2.52. The number of aromatic nitrogens is 4. The molecule has 0 bridgehead atoms. The predicted molar refractivity (Wildman–Crippen MR) is 126 cm³/mol. The van der Waals surface area contributed by atoms with Crippen molar-refractivity contribution in [1.29, 1.82) is 0 Å². The van der Waals surface area contributed by atoms with Crippen molar-refractivity contribution in [2.24, 2.45) is 13.0 Å². The predicted octanol–water partition coefficient (Wildman–Crippen LogP) is 3.59. The molecule has 166 valence electrons. The minimum Gasteiger partial charge on any atom is -0.336 e. The van der Waals surface area contributed by atoms with Gasteiger partial charge in [-0.15, -0.1) is 0 Å². The van der Waals surface area contributed by atoms with Gasteiger partial charge in [-0.1, -0.05) is 47.7 Å². The molecule has 2 amide bonds. The van der Waals surface area contributed by atoms with Gasteiger partial charge in [0.2, 0.25) is 11.8 Å². The molecule has 1 fully saturated rings. The smallest absolute Gasteiger partial charge is 0.231 e. The highest BCUT2D eigenvalue weighted by Crippen LogP contribution is 2.38. The second-order valence-corrected chi connectivity index (χ2v) is 8.91. The summed E-state index contributed by atoms with van der Waals surface area (Å²) in [6, 6.07) is 15.4. The highest BCUT2D eigenvalue weighted by molar-refractivity contribution is 7.19. The zero-order valence-electron chi connectivity index (χ0n) is 18.0. The summed E-state index contributed by atoms with van der Waals surface area (Å²) < 4.78 is 1.93. The largest absolute Gasteiger partial charge is 0.336 e. The fourth-order valence-electron chi connectivity index (χ4n) is 3.90. The van der Waals surface area contributed by atoms with Crippen LogP contribution in [0.2, 0.25) is 0 Å². The molecule has 1 atom stereocenters. The third-order valence-electron chi connectivity index (χ3n) is 5.59. The molecule has 33 heavy (non-hydrogen) atoms. The van der Waals surface area contributed by atoms with Crippen molar-refractivity contribution in [2.75, 3.05) is 11.9 Å². The third-order valence-corrected chi connectivity index (χ3v) is 6.56. The molecule has 0 radical (unpaired) electrons. The molecule has 8 nitrogen and oxygen atoms in total. The number of rotatable bonds is 6. The van der Waals surface area contributed by atoms with E-state index in [-0.39, 0.29) is 18.2 Å². The molecule has 1 aromatic carbocycles. The molecule has 1 unspecified atom stereocenters. The number of hydrogen-bond donors (Lipinski definition) is 1. The Balaban J connectivity index is 1.35. The zero-order chi connectivity index (χ0) is 22.8. The molecule has 0 saturated carbocycles. The minimum absolute atomic E-state index is 0.0429. The third kappa shape index (κ3) is 4.40. The summed E-state index contributed by atoms with van der Waals surface area (Å²) in [5.74, 6) is 0.108. The van der Waals surface area contributed by atoms with Crippen LogP contribution in [0.1, 0.15) is 12.1 Å². The van der Waals surface area contributed by atoms with Crippen molar-refractivity contribution in [3.05, 3.63) is 72.8 Å². The molecule has 1 N–H and O–H groups in total. The zero-order valence-corrected chi connectivity index (χ0v) is 18.8. The van der Waals surface area contributed by atoms with Gasteiger partial charge in [0.15, 0.2) is 11.0 Å². The van der Waals surface area contributed by atoms with Crippen molar-refractivity contribution in [3.63, 3.8) is 0 Å². The molecule has 5 rings (SSSR count). The number of anilines is 1. The Morgan fingerprint density at radius 2 is 1.94 bits per heavy atom. The van der Waals surface area contributed by atoms with E-state index in [0.717, 1.165) is 27.7 Å². The average Bonchev–Trinajstić information content (AvgIpc) is 3.54. The van der Waals surface area contributed by atoms with E-state index in [1.807, 2.05) is 66.3 Å². The van der Waals surface area contributed by atoms with E-state index in [4.69, 9.17) is 4.98 Å². The molecule has 1 aliphatic heterocycles.